The molecule has 0 radical (unpaired) electrons. The van der Waals surface area contributed by atoms with Crippen LogP contribution in [0.15, 0.2) is 59.7 Å². The van der Waals surface area contributed by atoms with E-state index in [4.69, 9.17) is 9.47 Å². The SMILES string of the molecule is COc1cccc(C2=C3C(=O)NC(c4cccc(OC)c4)=C3C(=O)N2)c1. The highest BCUT2D eigenvalue weighted by molar-refractivity contribution is 6.30. The third-order valence-electron chi connectivity index (χ3n) is 4.40. The second kappa shape index (κ2) is 6.07. The van der Waals surface area contributed by atoms with E-state index in [9.17, 15) is 9.59 Å². The Morgan fingerprint density at radius 3 is 1.50 bits per heavy atom. The minimum atomic E-state index is -0.311. The summed E-state index contributed by atoms with van der Waals surface area (Å²) in [6.07, 6.45) is 0. The number of nitrogens with one attached hydrogen (secondary N) is 2. The van der Waals surface area contributed by atoms with Crippen molar-refractivity contribution < 1.29 is 19.1 Å². The summed E-state index contributed by atoms with van der Waals surface area (Å²) in [6, 6.07) is 14.4. The van der Waals surface area contributed by atoms with Crippen LogP contribution >= 0.6 is 0 Å². The molecule has 2 N–H and O–H groups in total. The molecule has 2 heterocycles. The normalized spacial score (nSPS) is 15.8. The van der Waals surface area contributed by atoms with Crippen LogP contribution in [0.2, 0.25) is 0 Å². The number of fused-ring (bicyclic) bond motifs is 1. The first-order chi connectivity index (χ1) is 12.6. The van der Waals surface area contributed by atoms with Crippen molar-refractivity contribution in [2.45, 2.75) is 0 Å². The Balaban J connectivity index is 1.88. The minimum absolute atomic E-state index is 0.311. The largest absolute Gasteiger partial charge is 0.497 e. The molecule has 0 bridgehead atoms. The van der Waals surface area contributed by atoms with Crippen LogP contribution in [-0.2, 0) is 9.59 Å². The van der Waals surface area contributed by atoms with Gasteiger partial charge in [-0.3, -0.25) is 9.59 Å². The van der Waals surface area contributed by atoms with Gasteiger partial charge in [0.25, 0.3) is 11.8 Å². The van der Waals surface area contributed by atoms with Crippen molar-refractivity contribution in [3.63, 3.8) is 0 Å². The van der Waals surface area contributed by atoms with Gasteiger partial charge in [0.05, 0.1) is 36.8 Å². The summed E-state index contributed by atoms with van der Waals surface area (Å²) in [5.41, 5.74) is 3.09. The summed E-state index contributed by atoms with van der Waals surface area (Å²) in [7, 11) is 3.14. The average molecular weight is 348 g/mol. The second-order valence-corrected chi connectivity index (χ2v) is 5.87. The molecule has 0 unspecified atom stereocenters. The molecule has 0 spiro atoms. The average Bonchev–Trinajstić information content (AvgIpc) is 3.20. The number of rotatable bonds is 4. The molecule has 0 aliphatic carbocycles. The van der Waals surface area contributed by atoms with Crippen LogP contribution in [0.1, 0.15) is 11.1 Å². The first-order valence-corrected chi connectivity index (χ1v) is 8.03. The molecule has 6 heteroatoms. The number of ether oxygens (including phenoxy) is 2. The van der Waals surface area contributed by atoms with E-state index in [1.807, 2.05) is 24.3 Å². The standard InChI is InChI=1S/C20H16N2O4/c1-25-13-7-3-5-11(9-13)17-15-16(20(24)21-17)18(22-19(15)23)12-6-4-8-14(10-12)26-2/h3-10H,1-2H3,(H,21,24)(H,22,23). The smallest absolute Gasteiger partial charge is 0.258 e. The van der Waals surface area contributed by atoms with E-state index < -0.39 is 0 Å². The van der Waals surface area contributed by atoms with Gasteiger partial charge in [0.1, 0.15) is 11.5 Å². The van der Waals surface area contributed by atoms with Crippen LogP contribution in [0.5, 0.6) is 11.5 Å². The van der Waals surface area contributed by atoms with Crippen LogP contribution in [0.4, 0.5) is 0 Å². The lowest BCUT2D eigenvalue weighted by atomic mass is 10.0. The van der Waals surface area contributed by atoms with Crippen LogP contribution in [0.25, 0.3) is 11.4 Å². The van der Waals surface area contributed by atoms with Gasteiger partial charge in [-0.25, -0.2) is 0 Å². The maximum absolute atomic E-state index is 12.6. The maximum Gasteiger partial charge on any atom is 0.258 e. The van der Waals surface area contributed by atoms with Crippen molar-refractivity contribution in [1.82, 2.24) is 10.6 Å². The van der Waals surface area contributed by atoms with Gasteiger partial charge >= 0.3 is 0 Å². The molecule has 2 aromatic rings. The Morgan fingerprint density at radius 2 is 1.12 bits per heavy atom. The monoisotopic (exact) mass is 348 g/mol. The van der Waals surface area contributed by atoms with Crippen molar-refractivity contribution in [3.05, 3.63) is 70.8 Å². The number of carbonyl (C=O) groups excluding carboxylic acids is 2. The molecule has 0 saturated carbocycles. The molecule has 0 aromatic heterocycles. The van der Waals surface area contributed by atoms with Gasteiger partial charge in [-0.1, -0.05) is 24.3 Å². The van der Waals surface area contributed by atoms with Gasteiger partial charge in [0.15, 0.2) is 0 Å². The third-order valence-corrected chi connectivity index (χ3v) is 4.40. The molecule has 130 valence electrons. The fourth-order valence-corrected chi connectivity index (χ4v) is 3.17. The zero-order valence-electron chi connectivity index (χ0n) is 14.3. The Bertz CT molecular complexity index is 923. The molecular formula is C20H16N2O4. The molecule has 0 saturated heterocycles. The lowest BCUT2D eigenvalue weighted by molar-refractivity contribution is -0.117. The van der Waals surface area contributed by atoms with Crippen molar-refractivity contribution >= 4 is 23.2 Å². The van der Waals surface area contributed by atoms with Crippen molar-refractivity contribution in [1.29, 1.82) is 0 Å². The molecule has 26 heavy (non-hydrogen) atoms. The van der Waals surface area contributed by atoms with E-state index in [2.05, 4.69) is 10.6 Å². The maximum atomic E-state index is 12.6. The summed E-state index contributed by atoms with van der Waals surface area (Å²) >= 11 is 0. The molecule has 2 aliphatic heterocycles. The first kappa shape index (κ1) is 16.0. The highest BCUT2D eigenvalue weighted by Crippen LogP contribution is 2.38. The number of hydrogen-bond acceptors (Lipinski definition) is 4. The minimum Gasteiger partial charge on any atom is -0.497 e. The first-order valence-electron chi connectivity index (χ1n) is 8.03. The fraction of sp³-hybridized carbons (Fsp3) is 0.100. The van der Waals surface area contributed by atoms with Gasteiger partial charge < -0.3 is 20.1 Å². The number of carbonyl (C=O) groups is 2. The zero-order valence-corrected chi connectivity index (χ0v) is 14.3. The second-order valence-electron chi connectivity index (χ2n) is 5.87. The Kier molecular flexibility index (Phi) is 3.73. The van der Waals surface area contributed by atoms with Crippen molar-refractivity contribution in [2.75, 3.05) is 14.2 Å². The van der Waals surface area contributed by atoms with Crippen LogP contribution in [-0.4, -0.2) is 26.0 Å². The lowest BCUT2D eigenvalue weighted by Crippen LogP contribution is -2.21. The fourth-order valence-electron chi connectivity index (χ4n) is 3.17. The molecule has 2 aromatic carbocycles. The summed E-state index contributed by atoms with van der Waals surface area (Å²) in [5.74, 6) is 0.672. The Labute approximate surface area is 150 Å². The van der Waals surface area contributed by atoms with Crippen molar-refractivity contribution in [2.24, 2.45) is 0 Å². The molecule has 2 amide bonds. The van der Waals surface area contributed by atoms with E-state index in [0.717, 1.165) is 0 Å². The summed E-state index contributed by atoms with van der Waals surface area (Å²) < 4.78 is 10.5. The van der Waals surface area contributed by atoms with Crippen LogP contribution in [0.3, 0.4) is 0 Å². The van der Waals surface area contributed by atoms with Gasteiger partial charge in [0, 0.05) is 11.1 Å². The Morgan fingerprint density at radius 1 is 0.692 bits per heavy atom. The van der Waals surface area contributed by atoms with Gasteiger partial charge in [0.2, 0.25) is 0 Å². The number of amides is 2. The van der Waals surface area contributed by atoms with E-state index in [1.165, 1.54) is 0 Å². The number of benzene rings is 2. The van der Waals surface area contributed by atoms with Crippen LogP contribution < -0.4 is 20.1 Å². The Hall–Kier alpha value is -3.54. The van der Waals surface area contributed by atoms with Crippen LogP contribution in [0, 0.1) is 0 Å². The third kappa shape index (κ3) is 2.43. The van der Waals surface area contributed by atoms with Gasteiger partial charge in [-0.2, -0.15) is 0 Å². The predicted octanol–water partition coefficient (Wildman–Crippen LogP) is 2.09. The lowest BCUT2D eigenvalue weighted by Gasteiger charge is -2.09. The summed E-state index contributed by atoms with van der Waals surface area (Å²) in [4.78, 5) is 25.2. The topological polar surface area (TPSA) is 76.7 Å². The quantitative estimate of drug-likeness (QED) is 0.887. The highest BCUT2D eigenvalue weighted by Gasteiger charge is 2.40. The highest BCUT2D eigenvalue weighted by atomic mass is 16.5. The summed E-state index contributed by atoms with van der Waals surface area (Å²) in [5, 5.41) is 5.63. The number of methoxy groups -OCH3 is 2. The van der Waals surface area contributed by atoms with E-state index in [0.29, 0.717) is 45.2 Å². The molecule has 0 atom stereocenters. The number of hydrogen-bond donors (Lipinski definition) is 2. The van der Waals surface area contributed by atoms with Crippen molar-refractivity contribution in [3.8, 4) is 11.5 Å². The van der Waals surface area contributed by atoms with Gasteiger partial charge in [-0.05, 0) is 24.3 Å². The molecular weight excluding hydrogens is 332 g/mol. The van der Waals surface area contributed by atoms with E-state index >= 15 is 0 Å². The molecule has 6 nitrogen and oxygen atoms in total. The predicted molar refractivity (Wildman–Crippen MR) is 96.1 cm³/mol. The molecule has 0 fully saturated rings. The molecule has 4 rings (SSSR count). The van der Waals surface area contributed by atoms with E-state index in [1.54, 1.807) is 38.5 Å². The van der Waals surface area contributed by atoms with E-state index in [-0.39, 0.29) is 11.8 Å². The zero-order chi connectivity index (χ0) is 18.3. The summed E-state index contributed by atoms with van der Waals surface area (Å²) in [6.45, 7) is 0. The van der Waals surface area contributed by atoms with Gasteiger partial charge in [-0.15, -0.1) is 0 Å². The molecule has 2 aliphatic rings.